The summed E-state index contributed by atoms with van der Waals surface area (Å²) < 4.78 is 55.2. The molecule has 6 unspecified atom stereocenters. The highest BCUT2D eigenvalue weighted by molar-refractivity contribution is 5.66. The van der Waals surface area contributed by atoms with Gasteiger partial charge in [-0.3, -0.25) is 0 Å². The third-order valence-electron chi connectivity index (χ3n) is 11.6. The number of ether oxygens (including phenoxy) is 1. The SMILES string of the molecule is CC1CCC(C(C)C)C(c2ccc3c(c2)C(c2ccccc2)(C(F)(F)F)c2cc(C4CC(C)CCC4C(C)C)ccc2O3)C1. The van der Waals surface area contributed by atoms with Gasteiger partial charge in [-0.25, -0.2) is 0 Å². The van der Waals surface area contributed by atoms with Crippen molar-refractivity contribution >= 4 is 0 Å². The number of rotatable bonds is 5. The summed E-state index contributed by atoms with van der Waals surface area (Å²) in [4.78, 5) is 0. The first-order chi connectivity index (χ1) is 20.9. The van der Waals surface area contributed by atoms with Gasteiger partial charge in [0.25, 0.3) is 0 Å². The number of benzene rings is 3. The zero-order valence-electron chi connectivity index (χ0n) is 27.3. The van der Waals surface area contributed by atoms with Gasteiger partial charge in [-0.1, -0.05) is 109 Å². The molecule has 236 valence electrons. The van der Waals surface area contributed by atoms with Crippen LogP contribution in [0.3, 0.4) is 0 Å². The third-order valence-corrected chi connectivity index (χ3v) is 11.6. The van der Waals surface area contributed by atoms with Crippen molar-refractivity contribution in [1.82, 2.24) is 0 Å². The molecule has 0 aromatic heterocycles. The van der Waals surface area contributed by atoms with Gasteiger partial charge in [0.2, 0.25) is 0 Å². The lowest BCUT2D eigenvalue weighted by Gasteiger charge is -2.44. The summed E-state index contributed by atoms with van der Waals surface area (Å²) in [5, 5.41) is 0. The second-order valence-corrected chi connectivity index (χ2v) is 15.1. The van der Waals surface area contributed by atoms with Crippen LogP contribution in [0, 0.1) is 35.5 Å². The number of halogens is 3. The van der Waals surface area contributed by atoms with E-state index in [4.69, 9.17) is 4.74 Å². The molecule has 0 N–H and O–H groups in total. The lowest BCUT2D eigenvalue weighted by atomic mass is 9.63. The molecule has 3 aliphatic rings. The van der Waals surface area contributed by atoms with E-state index in [2.05, 4.69) is 41.5 Å². The maximum atomic E-state index is 16.3. The zero-order chi connectivity index (χ0) is 31.4. The molecule has 3 aromatic carbocycles. The highest BCUT2D eigenvalue weighted by atomic mass is 19.4. The highest BCUT2D eigenvalue weighted by Crippen LogP contribution is 2.61. The van der Waals surface area contributed by atoms with Crippen LogP contribution >= 0.6 is 0 Å². The maximum absolute atomic E-state index is 16.3. The minimum absolute atomic E-state index is 0.231. The lowest BCUT2D eigenvalue weighted by Crippen LogP contribution is -2.46. The normalized spacial score (nSPS) is 30.5. The molecule has 0 amide bonds. The van der Waals surface area contributed by atoms with Crippen molar-refractivity contribution in [2.75, 3.05) is 0 Å². The van der Waals surface area contributed by atoms with Crippen LogP contribution in [0.15, 0.2) is 66.7 Å². The van der Waals surface area contributed by atoms with Crippen LogP contribution in [0.2, 0.25) is 0 Å². The molecule has 0 saturated heterocycles. The second kappa shape index (κ2) is 11.9. The van der Waals surface area contributed by atoms with Crippen molar-refractivity contribution in [2.45, 2.75) is 103 Å². The molecule has 1 heterocycles. The molecule has 4 heteroatoms. The van der Waals surface area contributed by atoms with Crippen molar-refractivity contribution in [1.29, 1.82) is 0 Å². The van der Waals surface area contributed by atoms with Gasteiger partial charge in [-0.15, -0.1) is 0 Å². The quantitative estimate of drug-likeness (QED) is 0.282. The molecule has 0 bridgehead atoms. The van der Waals surface area contributed by atoms with Gasteiger partial charge in [-0.05, 0) is 102 Å². The fourth-order valence-corrected chi connectivity index (χ4v) is 9.22. The molecule has 2 fully saturated rings. The largest absolute Gasteiger partial charge is 0.457 e. The Kier molecular flexibility index (Phi) is 8.43. The molecule has 1 aliphatic heterocycles. The van der Waals surface area contributed by atoms with Crippen molar-refractivity contribution in [3.8, 4) is 11.5 Å². The number of hydrogen-bond donors (Lipinski definition) is 0. The molecule has 0 spiro atoms. The van der Waals surface area contributed by atoms with E-state index in [9.17, 15) is 0 Å². The second-order valence-electron chi connectivity index (χ2n) is 15.1. The standard InChI is InChI=1S/C40H49F3O/c1-24(2)31-16-12-26(5)20-33(31)28-14-18-37-35(22-28)39(40(41,42)43,30-10-8-7-9-11-30)36-23-29(15-19-38(36)44-37)34-21-27(6)13-17-32(34)25(3)4/h7-11,14-15,18-19,22-27,31-34H,12-13,16-17,20-21H2,1-6H3. The average Bonchev–Trinajstić information content (AvgIpc) is 2.98. The molecule has 6 rings (SSSR count). The summed E-state index contributed by atoms with van der Waals surface area (Å²) in [7, 11) is 0. The predicted octanol–water partition coefficient (Wildman–Crippen LogP) is 12.0. The molecule has 1 nitrogen and oxygen atoms in total. The Bertz CT molecular complexity index is 1370. The van der Waals surface area contributed by atoms with Gasteiger partial charge in [-0.2, -0.15) is 13.2 Å². The molecular formula is C40H49F3O. The summed E-state index contributed by atoms with van der Waals surface area (Å²) >= 11 is 0. The van der Waals surface area contributed by atoms with E-state index in [1.165, 1.54) is 12.8 Å². The Hall–Kier alpha value is -2.75. The third kappa shape index (κ3) is 5.28. The van der Waals surface area contributed by atoms with E-state index in [1.807, 2.05) is 36.4 Å². The van der Waals surface area contributed by atoms with E-state index in [0.29, 0.717) is 47.0 Å². The predicted molar refractivity (Wildman–Crippen MR) is 174 cm³/mol. The van der Waals surface area contributed by atoms with E-state index < -0.39 is 11.6 Å². The summed E-state index contributed by atoms with van der Waals surface area (Å²) in [5.74, 6) is 4.03. The fraction of sp³-hybridized carbons (Fsp3) is 0.550. The molecule has 2 aliphatic carbocycles. The number of alkyl halides is 3. The molecule has 44 heavy (non-hydrogen) atoms. The summed E-state index contributed by atoms with van der Waals surface area (Å²) in [6.45, 7) is 13.6. The van der Waals surface area contributed by atoms with Gasteiger partial charge in [0.15, 0.2) is 0 Å². The average molecular weight is 603 g/mol. The minimum Gasteiger partial charge on any atom is -0.457 e. The molecule has 0 radical (unpaired) electrons. The van der Waals surface area contributed by atoms with E-state index in [0.717, 1.165) is 36.8 Å². The Balaban J connectivity index is 1.59. The molecule has 3 aromatic rings. The van der Waals surface area contributed by atoms with Crippen LogP contribution in [0.1, 0.15) is 120 Å². The van der Waals surface area contributed by atoms with Crippen LogP contribution in [0.4, 0.5) is 13.2 Å². The summed E-state index contributed by atoms with van der Waals surface area (Å²) in [6.07, 6.45) is 2.00. The van der Waals surface area contributed by atoms with E-state index >= 15 is 13.2 Å². The van der Waals surface area contributed by atoms with E-state index in [-0.39, 0.29) is 28.5 Å². The Morgan fingerprint density at radius 2 is 1.11 bits per heavy atom. The van der Waals surface area contributed by atoms with Crippen LogP contribution in [-0.4, -0.2) is 6.18 Å². The van der Waals surface area contributed by atoms with Crippen molar-refractivity contribution < 1.29 is 17.9 Å². The van der Waals surface area contributed by atoms with Gasteiger partial charge in [0.05, 0.1) is 0 Å². The van der Waals surface area contributed by atoms with Crippen molar-refractivity contribution in [3.63, 3.8) is 0 Å². The maximum Gasteiger partial charge on any atom is 0.406 e. The highest BCUT2D eigenvalue weighted by Gasteiger charge is 2.62. The number of fused-ring (bicyclic) bond motifs is 2. The first-order valence-electron chi connectivity index (χ1n) is 17.0. The molecular weight excluding hydrogens is 553 g/mol. The van der Waals surface area contributed by atoms with E-state index in [1.54, 1.807) is 30.3 Å². The first-order valence-corrected chi connectivity index (χ1v) is 17.0. The first kappa shape index (κ1) is 31.2. The van der Waals surface area contributed by atoms with Crippen LogP contribution in [-0.2, 0) is 5.41 Å². The van der Waals surface area contributed by atoms with Crippen LogP contribution < -0.4 is 4.74 Å². The van der Waals surface area contributed by atoms with Crippen molar-refractivity contribution in [2.24, 2.45) is 35.5 Å². The smallest absolute Gasteiger partial charge is 0.406 e. The Morgan fingerprint density at radius 3 is 1.52 bits per heavy atom. The lowest BCUT2D eigenvalue weighted by molar-refractivity contribution is -0.168. The van der Waals surface area contributed by atoms with Gasteiger partial charge in [0.1, 0.15) is 16.9 Å². The fourth-order valence-electron chi connectivity index (χ4n) is 9.22. The molecule has 6 atom stereocenters. The topological polar surface area (TPSA) is 9.23 Å². The van der Waals surface area contributed by atoms with Crippen molar-refractivity contribution in [3.05, 3.63) is 94.5 Å². The van der Waals surface area contributed by atoms with Crippen LogP contribution in [0.5, 0.6) is 11.5 Å². The van der Waals surface area contributed by atoms with Crippen LogP contribution in [0.25, 0.3) is 0 Å². The van der Waals surface area contributed by atoms with Gasteiger partial charge in [0, 0.05) is 11.1 Å². The summed E-state index contributed by atoms with van der Waals surface area (Å²) in [5.41, 5.74) is 0.422. The van der Waals surface area contributed by atoms with Gasteiger partial charge < -0.3 is 4.74 Å². The summed E-state index contributed by atoms with van der Waals surface area (Å²) in [6, 6.07) is 20.1. The Morgan fingerprint density at radius 1 is 0.659 bits per heavy atom. The number of hydrogen-bond acceptors (Lipinski definition) is 1. The monoisotopic (exact) mass is 602 g/mol. The zero-order valence-corrected chi connectivity index (χ0v) is 27.3. The Labute approximate surface area is 262 Å². The van der Waals surface area contributed by atoms with Gasteiger partial charge >= 0.3 is 6.18 Å². The minimum atomic E-state index is -4.59. The molecule has 2 saturated carbocycles.